The molecule has 6 heteroatoms. The van der Waals surface area contributed by atoms with Crippen LogP contribution in [0.4, 0.5) is 4.39 Å². The van der Waals surface area contributed by atoms with Gasteiger partial charge in [-0.15, -0.1) is 0 Å². The van der Waals surface area contributed by atoms with Crippen molar-refractivity contribution in [2.75, 3.05) is 6.54 Å². The minimum Gasteiger partial charge on any atom is -0.350 e. The van der Waals surface area contributed by atoms with Gasteiger partial charge in [-0.1, -0.05) is 15.9 Å². The van der Waals surface area contributed by atoms with E-state index in [-0.39, 0.29) is 17.4 Å². The molecule has 0 atom stereocenters. The van der Waals surface area contributed by atoms with Crippen molar-refractivity contribution >= 4 is 21.8 Å². The number of nitrogens with one attached hydrogen (secondary N) is 1. The van der Waals surface area contributed by atoms with Gasteiger partial charge in [-0.05, 0) is 30.2 Å². The fourth-order valence-corrected chi connectivity index (χ4v) is 1.96. The lowest BCUT2D eigenvalue weighted by atomic mass is 10.1. The highest BCUT2D eigenvalue weighted by atomic mass is 79.9. The predicted molar refractivity (Wildman–Crippen MR) is 72.2 cm³/mol. The van der Waals surface area contributed by atoms with Gasteiger partial charge in [0.2, 0.25) is 0 Å². The molecule has 0 aliphatic rings. The molecule has 0 saturated carbocycles. The van der Waals surface area contributed by atoms with Gasteiger partial charge in [0.1, 0.15) is 11.5 Å². The van der Waals surface area contributed by atoms with Gasteiger partial charge in [0, 0.05) is 23.4 Å². The zero-order valence-corrected chi connectivity index (χ0v) is 11.5. The van der Waals surface area contributed by atoms with Crippen LogP contribution in [0.3, 0.4) is 0 Å². The second-order valence-corrected chi connectivity index (χ2v) is 4.75. The monoisotopic (exact) mass is 323 g/mol. The van der Waals surface area contributed by atoms with E-state index in [0.29, 0.717) is 18.5 Å². The Morgan fingerprint density at radius 2 is 2.21 bits per heavy atom. The molecule has 19 heavy (non-hydrogen) atoms. The van der Waals surface area contributed by atoms with Crippen LogP contribution < -0.4 is 5.32 Å². The summed E-state index contributed by atoms with van der Waals surface area (Å²) in [5.74, 6) is -0.597. The Balaban J connectivity index is 1.90. The average Bonchev–Trinajstić information content (AvgIpc) is 2.43. The number of carbonyl (C=O) groups excluding carboxylic acids is 1. The summed E-state index contributed by atoms with van der Waals surface area (Å²) >= 11 is 3.28. The molecule has 1 aromatic carbocycles. The van der Waals surface area contributed by atoms with Crippen molar-refractivity contribution in [1.29, 1.82) is 0 Å². The van der Waals surface area contributed by atoms with E-state index in [0.717, 1.165) is 4.47 Å². The largest absolute Gasteiger partial charge is 0.350 e. The molecule has 0 aliphatic carbocycles. The normalized spacial score (nSPS) is 10.2. The van der Waals surface area contributed by atoms with E-state index in [1.54, 1.807) is 12.1 Å². The summed E-state index contributed by atoms with van der Waals surface area (Å²) in [6, 6.07) is 4.73. The summed E-state index contributed by atoms with van der Waals surface area (Å²) in [7, 11) is 0. The first-order chi connectivity index (χ1) is 9.16. The molecule has 2 rings (SSSR count). The van der Waals surface area contributed by atoms with E-state index >= 15 is 0 Å². The average molecular weight is 324 g/mol. The van der Waals surface area contributed by atoms with Crippen molar-refractivity contribution in [2.45, 2.75) is 6.42 Å². The van der Waals surface area contributed by atoms with E-state index in [2.05, 4.69) is 31.2 Å². The maximum Gasteiger partial charge on any atom is 0.271 e. The summed E-state index contributed by atoms with van der Waals surface area (Å²) in [6.45, 7) is 0.336. The van der Waals surface area contributed by atoms with Gasteiger partial charge in [0.05, 0.1) is 6.20 Å². The quantitative estimate of drug-likeness (QED) is 0.939. The lowest BCUT2D eigenvalue weighted by molar-refractivity contribution is 0.0948. The molecule has 98 valence electrons. The smallest absolute Gasteiger partial charge is 0.271 e. The van der Waals surface area contributed by atoms with Crippen LogP contribution in [0.5, 0.6) is 0 Å². The minimum absolute atomic E-state index is 0.247. The van der Waals surface area contributed by atoms with Crippen LogP contribution in [0.15, 0.2) is 41.3 Å². The summed E-state index contributed by atoms with van der Waals surface area (Å²) < 4.78 is 14.3. The molecular weight excluding hydrogens is 313 g/mol. The number of aromatic nitrogens is 2. The fourth-order valence-electron chi connectivity index (χ4n) is 1.55. The topological polar surface area (TPSA) is 54.9 Å². The molecule has 0 bridgehead atoms. The molecule has 0 aliphatic heterocycles. The zero-order valence-electron chi connectivity index (χ0n) is 9.94. The Morgan fingerprint density at radius 1 is 1.37 bits per heavy atom. The molecular formula is C13H11BrFN3O. The van der Waals surface area contributed by atoms with E-state index in [1.807, 2.05) is 0 Å². The number of carbonyl (C=O) groups is 1. The Morgan fingerprint density at radius 3 is 2.95 bits per heavy atom. The Kier molecular flexibility index (Phi) is 4.57. The lowest BCUT2D eigenvalue weighted by Gasteiger charge is -2.06. The van der Waals surface area contributed by atoms with E-state index in [9.17, 15) is 9.18 Å². The first-order valence-electron chi connectivity index (χ1n) is 5.65. The predicted octanol–water partition coefficient (Wildman–Crippen LogP) is 2.35. The van der Waals surface area contributed by atoms with E-state index in [1.165, 1.54) is 24.7 Å². The standard InChI is InChI=1S/C13H11BrFN3O/c14-10-1-2-11(15)9(7-10)3-4-18-13(19)12-8-16-5-6-17-12/h1-2,5-8H,3-4H2,(H,18,19). The molecule has 0 spiro atoms. The third kappa shape index (κ3) is 3.82. The molecule has 1 aromatic heterocycles. The molecule has 1 N–H and O–H groups in total. The highest BCUT2D eigenvalue weighted by molar-refractivity contribution is 9.10. The number of halogens is 2. The van der Waals surface area contributed by atoms with Gasteiger partial charge in [-0.2, -0.15) is 0 Å². The lowest BCUT2D eigenvalue weighted by Crippen LogP contribution is -2.26. The van der Waals surface area contributed by atoms with Crippen LogP contribution in [0.25, 0.3) is 0 Å². The summed E-state index contributed by atoms with van der Waals surface area (Å²) in [4.78, 5) is 19.4. The van der Waals surface area contributed by atoms with Crippen LogP contribution >= 0.6 is 15.9 Å². The summed E-state index contributed by atoms with van der Waals surface area (Å²) in [5, 5.41) is 2.67. The van der Waals surface area contributed by atoms with E-state index in [4.69, 9.17) is 0 Å². The molecule has 0 radical (unpaired) electrons. The van der Waals surface area contributed by atoms with E-state index < -0.39 is 0 Å². The first kappa shape index (κ1) is 13.6. The van der Waals surface area contributed by atoms with Gasteiger partial charge < -0.3 is 5.32 Å². The molecule has 1 heterocycles. The summed E-state index contributed by atoms with van der Waals surface area (Å²) in [6.07, 6.45) is 4.74. The first-order valence-corrected chi connectivity index (χ1v) is 6.44. The van der Waals surface area contributed by atoms with Gasteiger partial charge in [0.25, 0.3) is 5.91 Å². The van der Waals surface area contributed by atoms with Gasteiger partial charge in [-0.25, -0.2) is 9.37 Å². The van der Waals surface area contributed by atoms with Crippen molar-refractivity contribution in [2.24, 2.45) is 0 Å². The van der Waals surface area contributed by atoms with Crippen molar-refractivity contribution < 1.29 is 9.18 Å². The van der Waals surface area contributed by atoms with Crippen molar-refractivity contribution in [3.8, 4) is 0 Å². The van der Waals surface area contributed by atoms with Crippen LogP contribution in [0, 0.1) is 5.82 Å². The number of rotatable bonds is 4. The Labute approximate surface area is 118 Å². The van der Waals surface area contributed by atoms with Crippen molar-refractivity contribution in [1.82, 2.24) is 15.3 Å². The molecule has 0 fully saturated rings. The Hall–Kier alpha value is -1.82. The van der Waals surface area contributed by atoms with Crippen LogP contribution in [0.1, 0.15) is 16.1 Å². The fraction of sp³-hybridized carbons (Fsp3) is 0.154. The molecule has 2 aromatic rings. The van der Waals surface area contributed by atoms with Crippen LogP contribution in [-0.2, 0) is 6.42 Å². The number of benzene rings is 1. The van der Waals surface area contributed by atoms with Crippen molar-refractivity contribution in [3.63, 3.8) is 0 Å². The SMILES string of the molecule is O=C(NCCc1cc(Br)ccc1F)c1cnccn1. The number of hydrogen-bond acceptors (Lipinski definition) is 3. The second kappa shape index (κ2) is 6.38. The molecule has 4 nitrogen and oxygen atoms in total. The van der Waals surface area contributed by atoms with Gasteiger partial charge >= 0.3 is 0 Å². The number of hydrogen-bond donors (Lipinski definition) is 1. The highest BCUT2D eigenvalue weighted by Crippen LogP contribution is 2.15. The third-order valence-electron chi connectivity index (χ3n) is 2.48. The van der Waals surface area contributed by atoms with Crippen LogP contribution in [-0.4, -0.2) is 22.4 Å². The molecule has 0 saturated heterocycles. The Bertz CT molecular complexity index is 577. The molecule has 1 amide bonds. The minimum atomic E-state index is -0.316. The number of amides is 1. The zero-order chi connectivity index (χ0) is 13.7. The third-order valence-corrected chi connectivity index (χ3v) is 2.98. The maximum atomic E-state index is 13.5. The summed E-state index contributed by atoms with van der Waals surface area (Å²) in [5.41, 5.74) is 0.797. The molecule has 0 unspecified atom stereocenters. The van der Waals surface area contributed by atoms with Gasteiger partial charge in [-0.3, -0.25) is 9.78 Å². The number of nitrogens with zero attached hydrogens (tertiary/aromatic N) is 2. The second-order valence-electron chi connectivity index (χ2n) is 3.83. The maximum absolute atomic E-state index is 13.5. The van der Waals surface area contributed by atoms with Gasteiger partial charge in [0.15, 0.2) is 0 Å². The van der Waals surface area contributed by atoms with Crippen molar-refractivity contribution in [3.05, 3.63) is 58.3 Å². The highest BCUT2D eigenvalue weighted by Gasteiger charge is 2.07. The van der Waals surface area contributed by atoms with Crippen LogP contribution in [0.2, 0.25) is 0 Å².